The Hall–Kier alpha value is -1.81. The second-order valence-corrected chi connectivity index (χ2v) is 3.67. The standard InChI is InChI=1S/C13H14O4/c1-2-16-13(15)12-10(8-14)7-9-5-3-4-6-11(9)17-12/h3-7,12,14H,2,8H2,1H3. The van der Waals surface area contributed by atoms with Crippen molar-refractivity contribution in [3.8, 4) is 5.75 Å². The SMILES string of the molecule is CCOC(=O)C1Oc2ccccc2C=C1CO. The van der Waals surface area contributed by atoms with Crippen molar-refractivity contribution in [3.63, 3.8) is 0 Å². The minimum Gasteiger partial charge on any atom is -0.474 e. The number of benzene rings is 1. The predicted molar refractivity (Wildman–Crippen MR) is 62.6 cm³/mol. The maximum Gasteiger partial charge on any atom is 0.351 e. The summed E-state index contributed by atoms with van der Waals surface area (Å²) in [5, 5.41) is 9.25. The largest absolute Gasteiger partial charge is 0.474 e. The second kappa shape index (κ2) is 5.01. The van der Waals surface area contributed by atoms with Gasteiger partial charge in [-0.3, -0.25) is 0 Å². The van der Waals surface area contributed by atoms with Crippen LogP contribution in [0.15, 0.2) is 29.8 Å². The van der Waals surface area contributed by atoms with Gasteiger partial charge in [0, 0.05) is 11.1 Å². The van der Waals surface area contributed by atoms with Crippen LogP contribution in [0.25, 0.3) is 6.08 Å². The Kier molecular flexibility index (Phi) is 3.44. The predicted octanol–water partition coefficient (Wildman–Crippen LogP) is 1.39. The van der Waals surface area contributed by atoms with E-state index in [-0.39, 0.29) is 6.61 Å². The third kappa shape index (κ3) is 2.31. The first kappa shape index (κ1) is 11.7. The first-order valence-electron chi connectivity index (χ1n) is 5.50. The van der Waals surface area contributed by atoms with Crippen molar-refractivity contribution in [1.82, 2.24) is 0 Å². The van der Waals surface area contributed by atoms with E-state index in [1.54, 1.807) is 19.1 Å². The van der Waals surface area contributed by atoms with Gasteiger partial charge in [-0.2, -0.15) is 0 Å². The molecule has 4 heteroatoms. The van der Waals surface area contributed by atoms with Crippen LogP contribution in [-0.2, 0) is 9.53 Å². The van der Waals surface area contributed by atoms with Crippen LogP contribution >= 0.6 is 0 Å². The molecule has 0 saturated carbocycles. The molecule has 2 rings (SSSR count). The molecule has 1 heterocycles. The zero-order valence-corrected chi connectivity index (χ0v) is 9.55. The number of hydrogen-bond donors (Lipinski definition) is 1. The maximum absolute atomic E-state index is 11.7. The molecule has 0 aliphatic carbocycles. The molecule has 0 spiro atoms. The van der Waals surface area contributed by atoms with E-state index >= 15 is 0 Å². The molecule has 0 saturated heterocycles. The lowest BCUT2D eigenvalue weighted by Gasteiger charge is -2.24. The number of carbonyl (C=O) groups excluding carboxylic acids is 1. The Morgan fingerprint density at radius 3 is 2.94 bits per heavy atom. The van der Waals surface area contributed by atoms with Crippen LogP contribution in [0, 0.1) is 0 Å². The minimum absolute atomic E-state index is 0.224. The van der Waals surface area contributed by atoms with Crippen molar-refractivity contribution in [2.75, 3.05) is 13.2 Å². The summed E-state index contributed by atoms with van der Waals surface area (Å²) < 4.78 is 10.5. The fraction of sp³-hybridized carbons (Fsp3) is 0.308. The lowest BCUT2D eigenvalue weighted by Crippen LogP contribution is -2.34. The Labute approximate surface area is 99.5 Å². The Morgan fingerprint density at radius 1 is 1.47 bits per heavy atom. The first-order valence-corrected chi connectivity index (χ1v) is 5.50. The van der Waals surface area contributed by atoms with Crippen LogP contribution in [0.3, 0.4) is 0 Å². The van der Waals surface area contributed by atoms with Crippen LogP contribution in [0.4, 0.5) is 0 Å². The number of carbonyl (C=O) groups is 1. The molecular weight excluding hydrogens is 220 g/mol. The van der Waals surface area contributed by atoms with E-state index in [9.17, 15) is 9.90 Å². The Balaban J connectivity index is 2.30. The number of ether oxygens (including phenoxy) is 2. The van der Waals surface area contributed by atoms with Crippen molar-refractivity contribution >= 4 is 12.0 Å². The van der Waals surface area contributed by atoms with E-state index in [2.05, 4.69) is 0 Å². The van der Waals surface area contributed by atoms with E-state index in [0.29, 0.717) is 17.9 Å². The van der Waals surface area contributed by atoms with Crippen LogP contribution in [0.1, 0.15) is 12.5 Å². The van der Waals surface area contributed by atoms with Crippen LogP contribution in [0.2, 0.25) is 0 Å². The molecule has 17 heavy (non-hydrogen) atoms. The molecule has 1 atom stereocenters. The summed E-state index contributed by atoms with van der Waals surface area (Å²) in [6, 6.07) is 7.36. The number of para-hydroxylation sites is 1. The molecule has 90 valence electrons. The van der Waals surface area contributed by atoms with Gasteiger partial charge >= 0.3 is 5.97 Å². The molecule has 1 unspecified atom stereocenters. The molecule has 0 fully saturated rings. The van der Waals surface area contributed by atoms with Gasteiger partial charge in [-0.15, -0.1) is 0 Å². The van der Waals surface area contributed by atoms with Crippen LogP contribution in [-0.4, -0.2) is 30.4 Å². The molecule has 1 aliphatic heterocycles. The van der Waals surface area contributed by atoms with Gasteiger partial charge in [-0.25, -0.2) is 4.79 Å². The van der Waals surface area contributed by atoms with Gasteiger partial charge in [0.25, 0.3) is 0 Å². The summed E-state index contributed by atoms with van der Waals surface area (Å²) in [7, 11) is 0. The molecule has 0 aromatic heterocycles. The summed E-state index contributed by atoms with van der Waals surface area (Å²) in [4.78, 5) is 11.7. The Bertz CT molecular complexity index is 450. The van der Waals surface area contributed by atoms with Crippen molar-refractivity contribution in [2.24, 2.45) is 0 Å². The quantitative estimate of drug-likeness (QED) is 0.803. The van der Waals surface area contributed by atoms with Crippen molar-refractivity contribution in [1.29, 1.82) is 0 Å². The zero-order valence-electron chi connectivity index (χ0n) is 9.55. The van der Waals surface area contributed by atoms with Crippen molar-refractivity contribution < 1.29 is 19.4 Å². The van der Waals surface area contributed by atoms with Crippen LogP contribution in [0.5, 0.6) is 5.75 Å². The third-order valence-corrected chi connectivity index (χ3v) is 2.52. The summed E-state index contributed by atoms with van der Waals surface area (Å²) in [6.07, 6.45) is 0.926. The van der Waals surface area contributed by atoms with E-state index < -0.39 is 12.1 Å². The highest BCUT2D eigenvalue weighted by molar-refractivity contribution is 5.83. The van der Waals surface area contributed by atoms with Gasteiger partial charge in [-0.1, -0.05) is 18.2 Å². The number of rotatable bonds is 3. The van der Waals surface area contributed by atoms with E-state index in [1.165, 1.54) is 0 Å². The molecule has 0 bridgehead atoms. The highest BCUT2D eigenvalue weighted by Gasteiger charge is 2.29. The maximum atomic E-state index is 11.7. The summed E-state index contributed by atoms with van der Waals surface area (Å²) in [6.45, 7) is 1.80. The zero-order chi connectivity index (χ0) is 12.3. The highest BCUT2D eigenvalue weighted by atomic mass is 16.6. The molecule has 1 aromatic carbocycles. The number of aliphatic hydroxyl groups is 1. The average Bonchev–Trinajstić information content (AvgIpc) is 2.37. The van der Waals surface area contributed by atoms with E-state index in [1.807, 2.05) is 18.2 Å². The lowest BCUT2D eigenvalue weighted by atomic mass is 10.0. The smallest absolute Gasteiger partial charge is 0.351 e. The molecule has 1 aliphatic rings. The third-order valence-electron chi connectivity index (χ3n) is 2.52. The van der Waals surface area contributed by atoms with E-state index in [4.69, 9.17) is 9.47 Å². The average molecular weight is 234 g/mol. The van der Waals surface area contributed by atoms with Gasteiger partial charge in [0.15, 0.2) is 0 Å². The van der Waals surface area contributed by atoms with Gasteiger partial charge in [0.05, 0.1) is 13.2 Å². The van der Waals surface area contributed by atoms with Crippen LogP contribution < -0.4 is 4.74 Å². The molecular formula is C13H14O4. The van der Waals surface area contributed by atoms with Crippen molar-refractivity contribution in [2.45, 2.75) is 13.0 Å². The van der Waals surface area contributed by atoms with Gasteiger partial charge < -0.3 is 14.6 Å². The van der Waals surface area contributed by atoms with Gasteiger partial charge in [-0.05, 0) is 19.1 Å². The summed E-state index contributed by atoms with van der Waals surface area (Å²) >= 11 is 0. The monoisotopic (exact) mass is 234 g/mol. The second-order valence-electron chi connectivity index (χ2n) is 3.67. The highest BCUT2D eigenvalue weighted by Crippen LogP contribution is 2.29. The fourth-order valence-electron chi connectivity index (χ4n) is 1.73. The molecule has 4 nitrogen and oxygen atoms in total. The number of fused-ring (bicyclic) bond motifs is 1. The fourth-order valence-corrected chi connectivity index (χ4v) is 1.73. The lowest BCUT2D eigenvalue weighted by molar-refractivity contribution is -0.149. The number of hydrogen-bond acceptors (Lipinski definition) is 4. The minimum atomic E-state index is -0.838. The summed E-state index contributed by atoms with van der Waals surface area (Å²) in [5.41, 5.74) is 1.37. The molecule has 1 aromatic rings. The Morgan fingerprint density at radius 2 is 2.24 bits per heavy atom. The number of esters is 1. The molecule has 1 N–H and O–H groups in total. The van der Waals surface area contributed by atoms with Crippen molar-refractivity contribution in [3.05, 3.63) is 35.4 Å². The van der Waals surface area contributed by atoms with E-state index in [0.717, 1.165) is 5.56 Å². The topological polar surface area (TPSA) is 55.8 Å². The van der Waals surface area contributed by atoms with Gasteiger partial charge in [0.1, 0.15) is 5.75 Å². The van der Waals surface area contributed by atoms with Gasteiger partial charge in [0.2, 0.25) is 6.10 Å². The normalized spacial score (nSPS) is 17.8. The number of aliphatic hydroxyl groups excluding tert-OH is 1. The first-order chi connectivity index (χ1) is 8.26. The summed E-state index contributed by atoms with van der Waals surface area (Å²) in [5.74, 6) is 0.157. The molecule has 0 radical (unpaired) electrons. The molecule has 0 amide bonds.